The highest BCUT2D eigenvalue weighted by atomic mass is 16.3. The van der Waals surface area contributed by atoms with Crippen LogP contribution in [0, 0.1) is 0 Å². The fourth-order valence-corrected chi connectivity index (χ4v) is 8.07. The third kappa shape index (κ3) is 5.83. The molecular weight excluding hydrogens is 695 g/mol. The van der Waals surface area contributed by atoms with Gasteiger partial charge in [0.05, 0.1) is 0 Å². The SMILES string of the molecule is c1ccc(-c2ccc(-c3cc(-c4ccc(-c5nc(-c6ccccc6)nc(-c6ccccc6)n5)c5ccccc45)c4oc5cc6ccccc6cc5c4c3)cc2)cc1. The number of fused-ring (bicyclic) bond motifs is 5. The van der Waals surface area contributed by atoms with E-state index in [1.54, 1.807) is 0 Å². The first kappa shape index (κ1) is 32.7. The number of hydrogen-bond donors (Lipinski definition) is 0. The van der Waals surface area contributed by atoms with E-state index in [4.69, 9.17) is 19.4 Å². The van der Waals surface area contributed by atoms with Crippen molar-refractivity contribution in [3.8, 4) is 67.5 Å². The van der Waals surface area contributed by atoms with Crippen molar-refractivity contribution >= 4 is 43.5 Å². The molecule has 9 aromatic carbocycles. The van der Waals surface area contributed by atoms with E-state index in [9.17, 15) is 0 Å². The zero-order valence-corrected chi connectivity index (χ0v) is 30.8. The number of aromatic nitrogens is 3. The van der Waals surface area contributed by atoms with Crippen molar-refractivity contribution in [2.75, 3.05) is 0 Å². The van der Waals surface area contributed by atoms with E-state index >= 15 is 0 Å². The normalized spacial score (nSPS) is 11.5. The van der Waals surface area contributed by atoms with Gasteiger partial charge in [-0.15, -0.1) is 0 Å². The maximum Gasteiger partial charge on any atom is 0.164 e. The summed E-state index contributed by atoms with van der Waals surface area (Å²) >= 11 is 0. The minimum Gasteiger partial charge on any atom is -0.455 e. The largest absolute Gasteiger partial charge is 0.455 e. The topological polar surface area (TPSA) is 51.8 Å². The summed E-state index contributed by atoms with van der Waals surface area (Å²) in [5.74, 6) is 1.89. The summed E-state index contributed by atoms with van der Waals surface area (Å²) in [5.41, 5.74) is 11.3. The molecule has 4 nitrogen and oxygen atoms in total. The standard InChI is InChI=1S/C53H33N3O/c1-4-14-34(15-5-1)35-24-26-36(27-25-35)41-31-47(50-48(32-41)46-30-39-20-10-11-21-40(39)33-49(46)57-50)44-28-29-45(43-23-13-12-22-42(43)44)53-55-51(37-16-6-2-7-17-37)54-52(56-53)38-18-8-3-9-19-38/h1-33H. The van der Waals surface area contributed by atoms with Gasteiger partial charge in [0.1, 0.15) is 11.2 Å². The lowest BCUT2D eigenvalue weighted by Gasteiger charge is -2.14. The first-order chi connectivity index (χ1) is 28.2. The average Bonchev–Trinajstić information content (AvgIpc) is 3.65. The van der Waals surface area contributed by atoms with Crippen LogP contribution in [0.1, 0.15) is 0 Å². The Balaban J connectivity index is 1.13. The Bertz CT molecular complexity index is 3210. The summed E-state index contributed by atoms with van der Waals surface area (Å²) in [6, 6.07) is 70.0. The van der Waals surface area contributed by atoms with Crippen LogP contribution in [0.3, 0.4) is 0 Å². The molecule has 2 aromatic heterocycles. The van der Waals surface area contributed by atoms with Gasteiger partial charge in [-0.1, -0.05) is 170 Å². The van der Waals surface area contributed by atoms with Crippen LogP contribution in [0.5, 0.6) is 0 Å². The van der Waals surface area contributed by atoms with Crippen molar-refractivity contribution in [3.05, 3.63) is 200 Å². The van der Waals surface area contributed by atoms with Gasteiger partial charge in [-0.2, -0.15) is 0 Å². The monoisotopic (exact) mass is 727 g/mol. The highest BCUT2D eigenvalue weighted by Crippen LogP contribution is 2.44. The summed E-state index contributed by atoms with van der Waals surface area (Å²) in [6.45, 7) is 0. The van der Waals surface area contributed by atoms with Crippen LogP contribution in [-0.2, 0) is 0 Å². The number of furan rings is 1. The van der Waals surface area contributed by atoms with E-state index in [-0.39, 0.29) is 0 Å². The maximum absolute atomic E-state index is 6.87. The highest BCUT2D eigenvalue weighted by Gasteiger charge is 2.20. The molecule has 2 heterocycles. The Hall–Kier alpha value is -7.69. The molecule has 57 heavy (non-hydrogen) atoms. The predicted molar refractivity (Wildman–Crippen MR) is 235 cm³/mol. The van der Waals surface area contributed by atoms with Crippen LogP contribution >= 0.6 is 0 Å². The Morgan fingerprint density at radius 2 is 0.754 bits per heavy atom. The van der Waals surface area contributed by atoms with E-state index in [2.05, 4.69) is 140 Å². The van der Waals surface area contributed by atoms with Crippen molar-refractivity contribution in [2.24, 2.45) is 0 Å². The van der Waals surface area contributed by atoms with Crippen LogP contribution in [0.15, 0.2) is 205 Å². The molecular formula is C53H33N3O. The van der Waals surface area contributed by atoms with E-state index in [0.717, 1.165) is 77.0 Å². The summed E-state index contributed by atoms with van der Waals surface area (Å²) in [6.07, 6.45) is 0. The van der Waals surface area contributed by atoms with Gasteiger partial charge in [0, 0.05) is 33.0 Å². The first-order valence-corrected chi connectivity index (χ1v) is 19.2. The van der Waals surface area contributed by atoms with Crippen molar-refractivity contribution < 1.29 is 4.42 Å². The zero-order chi connectivity index (χ0) is 37.7. The molecule has 0 radical (unpaired) electrons. The maximum atomic E-state index is 6.87. The Labute approximate surface area is 329 Å². The lowest BCUT2D eigenvalue weighted by atomic mass is 9.90. The van der Waals surface area contributed by atoms with Crippen molar-refractivity contribution in [2.45, 2.75) is 0 Å². The van der Waals surface area contributed by atoms with Crippen LogP contribution in [-0.4, -0.2) is 15.0 Å². The molecule has 0 aliphatic heterocycles. The third-order valence-electron chi connectivity index (χ3n) is 10.9. The Morgan fingerprint density at radius 3 is 1.39 bits per heavy atom. The number of rotatable bonds is 6. The zero-order valence-electron chi connectivity index (χ0n) is 30.8. The van der Waals surface area contributed by atoms with Gasteiger partial charge in [-0.3, -0.25) is 0 Å². The van der Waals surface area contributed by atoms with E-state index in [1.807, 2.05) is 60.7 Å². The molecule has 0 aliphatic rings. The molecule has 0 spiro atoms. The Kier molecular flexibility index (Phi) is 7.78. The predicted octanol–water partition coefficient (Wildman–Crippen LogP) is 14.1. The van der Waals surface area contributed by atoms with Crippen molar-refractivity contribution in [1.82, 2.24) is 15.0 Å². The van der Waals surface area contributed by atoms with E-state index in [0.29, 0.717) is 17.5 Å². The number of benzene rings is 9. The smallest absolute Gasteiger partial charge is 0.164 e. The summed E-state index contributed by atoms with van der Waals surface area (Å²) in [4.78, 5) is 15.1. The molecule has 4 heteroatoms. The minimum absolute atomic E-state index is 0.623. The minimum atomic E-state index is 0.623. The van der Waals surface area contributed by atoms with Gasteiger partial charge in [0.15, 0.2) is 17.5 Å². The molecule has 11 aromatic rings. The molecule has 0 fully saturated rings. The molecule has 0 amide bonds. The molecule has 0 bridgehead atoms. The van der Waals surface area contributed by atoms with Crippen LogP contribution in [0.2, 0.25) is 0 Å². The molecule has 0 N–H and O–H groups in total. The molecule has 0 unspecified atom stereocenters. The number of nitrogens with zero attached hydrogens (tertiary/aromatic N) is 3. The molecule has 0 atom stereocenters. The molecule has 0 saturated heterocycles. The van der Waals surface area contributed by atoms with Gasteiger partial charge >= 0.3 is 0 Å². The van der Waals surface area contributed by atoms with E-state index in [1.165, 1.54) is 16.5 Å². The van der Waals surface area contributed by atoms with Crippen LogP contribution in [0.4, 0.5) is 0 Å². The van der Waals surface area contributed by atoms with E-state index < -0.39 is 0 Å². The lowest BCUT2D eigenvalue weighted by molar-refractivity contribution is 0.670. The molecule has 0 aliphatic carbocycles. The van der Waals surface area contributed by atoms with Gasteiger partial charge in [0.25, 0.3) is 0 Å². The molecule has 266 valence electrons. The van der Waals surface area contributed by atoms with Gasteiger partial charge in [-0.25, -0.2) is 15.0 Å². The fourth-order valence-electron chi connectivity index (χ4n) is 8.07. The second kappa shape index (κ2) is 13.6. The quantitative estimate of drug-likeness (QED) is 0.171. The van der Waals surface area contributed by atoms with Gasteiger partial charge in [0.2, 0.25) is 0 Å². The second-order valence-corrected chi connectivity index (χ2v) is 14.4. The first-order valence-electron chi connectivity index (χ1n) is 19.2. The van der Waals surface area contributed by atoms with Crippen LogP contribution in [0.25, 0.3) is 111 Å². The van der Waals surface area contributed by atoms with Crippen LogP contribution < -0.4 is 0 Å². The average molecular weight is 728 g/mol. The summed E-state index contributed by atoms with van der Waals surface area (Å²) in [7, 11) is 0. The summed E-state index contributed by atoms with van der Waals surface area (Å²) < 4.78 is 6.87. The highest BCUT2D eigenvalue weighted by molar-refractivity contribution is 6.17. The van der Waals surface area contributed by atoms with Gasteiger partial charge in [-0.05, 0) is 79.7 Å². The number of hydrogen-bond acceptors (Lipinski definition) is 4. The molecule has 11 rings (SSSR count). The van der Waals surface area contributed by atoms with Gasteiger partial charge < -0.3 is 4.42 Å². The Morgan fingerprint density at radius 1 is 0.281 bits per heavy atom. The second-order valence-electron chi connectivity index (χ2n) is 14.4. The fraction of sp³-hybridized carbons (Fsp3) is 0. The molecule has 0 saturated carbocycles. The summed E-state index contributed by atoms with van der Waals surface area (Å²) in [5, 5.41) is 6.65. The third-order valence-corrected chi connectivity index (χ3v) is 10.9. The lowest BCUT2D eigenvalue weighted by Crippen LogP contribution is -2.00. The van der Waals surface area contributed by atoms with Crippen molar-refractivity contribution in [1.29, 1.82) is 0 Å². The van der Waals surface area contributed by atoms with Crippen molar-refractivity contribution in [3.63, 3.8) is 0 Å².